The summed E-state index contributed by atoms with van der Waals surface area (Å²) in [6.07, 6.45) is 4.57. The lowest BCUT2D eigenvalue weighted by Gasteiger charge is -2.31. The van der Waals surface area contributed by atoms with E-state index in [1.54, 1.807) is 6.92 Å². The zero-order valence-electron chi connectivity index (χ0n) is 13.8. The van der Waals surface area contributed by atoms with Gasteiger partial charge in [0, 0.05) is 39.0 Å². The molecule has 5 nitrogen and oxygen atoms in total. The Morgan fingerprint density at radius 1 is 1.27 bits per heavy atom. The molecule has 1 amide bonds. The number of likely N-dealkylation sites (tertiary alicyclic amines) is 2. The van der Waals surface area contributed by atoms with Gasteiger partial charge in [0.2, 0.25) is 5.91 Å². The quantitative estimate of drug-likeness (QED) is 0.739. The van der Waals surface area contributed by atoms with E-state index >= 15 is 0 Å². The molecule has 0 aromatic heterocycles. The van der Waals surface area contributed by atoms with Crippen LogP contribution >= 0.6 is 0 Å². The highest BCUT2D eigenvalue weighted by atomic mass is 16.5. The summed E-state index contributed by atoms with van der Waals surface area (Å²) >= 11 is 0. The van der Waals surface area contributed by atoms with Crippen molar-refractivity contribution in [1.82, 2.24) is 9.80 Å². The molecule has 0 N–H and O–H groups in total. The predicted molar refractivity (Wildman–Crippen MR) is 83.2 cm³/mol. The van der Waals surface area contributed by atoms with Gasteiger partial charge in [-0.3, -0.25) is 9.59 Å². The number of esters is 1. The molecule has 0 unspecified atom stereocenters. The zero-order valence-corrected chi connectivity index (χ0v) is 13.8. The average molecular weight is 308 g/mol. The van der Waals surface area contributed by atoms with Gasteiger partial charge in [-0.25, -0.2) is 0 Å². The van der Waals surface area contributed by atoms with Gasteiger partial charge in [0.15, 0.2) is 0 Å². The molecular formula is C17H28N2O3. The van der Waals surface area contributed by atoms with E-state index in [0.29, 0.717) is 19.7 Å². The molecule has 5 heteroatoms. The van der Waals surface area contributed by atoms with Crippen molar-refractivity contribution in [2.45, 2.75) is 39.5 Å². The highest BCUT2D eigenvalue weighted by Gasteiger charge is 2.54. The molecule has 0 aromatic carbocycles. The number of ether oxygens (including phenoxy) is 1. The highest BCUT2D eigenvalue weighted by Crippen LogP contribution is 2.44. The molecule has 2 aliphatic heterocycles. The summed E-state index contributed by atoms with van der Waals surface area (Å²) in [6.45, 7) is 8.30. The maximum absolute atomic E-state index is 12.7. The van der Waals surface area contributed by atoms with E-state index in [2.05, 4.69) is 4.90 Å². The summed E-state index contributed by atoms with van der Waals surface area (Å²) in [5.41, 5.74) is -0.472. The molecule has 2 atom stereocenters. The number of nitrogens with zero attached hydrogens (tertiary/aromatic N) is 2. The first-order valence-corrected chi connectivity index (χ1v) is 8.70. The first-order chi connectivity index (χ1) is 10.5. The summed E-state index contributed by atoms with van der Waals surface area (Å²) < 4.78 is 5.40. The molecular weight excluding hydrogens is 280 g/mol. The molecule has 0 radical (unpaired) electrons. The Morgan fingerprint density at radius 2 is 2.05 bits per heavy atom. The first-order valence-electron chi connectivity index (χ1n) is 8.70. The second-order valence-corrected chi connectivity index (χ2v) is 7.28. The Kier molecular flexibility index (Phi) is 4.44. The van der Waals surface area contributed by atoms with Crippen molar-refractivity contribution in [3.8, 4) is 0 Å². The molecule has 0 aromatic rings. The van der Waals surface area contributed by atoms with Crippen molar-refractivity contribution in [2.24, 2.45) is 17.3 Å². The zero-order chi connectivity index (χ0) is 15.7. The third-order valence-corrected chi connectivity index (χ3v) is 5.61. The van der Waals surface area contributed by atoms with Crippen LogP contribution in [0.2, 0.25) is 0 Å². The molecule has 0 spiro atoms. The number of hydrogen-bond acceptors (Lipinski definition) is 4. The molecule has 1 aliphatic carbocycles. The lowest BCUT2D eigenvalue weighted by molar-refractivity contribution is -0.157. The third kappa shape index (κ3) is 3.00. The Morgan fingerprint density at radius 3 is 2.68 bits per heavy atom. The lowest BCUT2D eigenvalue weighted by atomic mass is 9.75. The van der Waals surface area contributed by atoms with E-state index in [0.717, 1.165) is 38.4 Å². The van der Waals surface area contributed by atoms with Crippen molar-refractivity contribution < 1.29 is 14.3 Å². The largest absolute Gasteiger partial charge is 0.466 e. The topological polar surface area (TPSA) is 49.9 Å². The SMILES string of the molecule is CCOC(=O)[C@]12CCCN(CC3CC3)C[C@H]1CN(C(C)=O)C2. The van der Waals surface area contributed by atoms with Crippen LogP contribution in [0.4, 0.5) is 0 Å². The standard InChI is InChI=1S/C17H28N2O3/c1-3-22-16(21)17-7-4-8-18(9-14-5-6-14)10-15(17)11-19(12-17)13(2)20/h14-15H,3-12H2,1-2H3/t15-,17-/m0/s1. The lowest BCUT2D eigenvalue weighted by Crippen LogP contribution is -2.43. The molecule has 124 valence electrons. The number of rotatable bonds is 4. The summed E-state index contributed by atoms with van der Waals surface area (Å²) in [5.74, 6) is 1.07. The molecule has 3 rings (SSSR count). The normalized spacial score (nSPS) is 32.5. The van der Waals surface area contributed by atoms with Crippen LogP contribution in [0.5, 0.6) is 0 Å². The van der Waals surface area contributed by atoms with Crippen molar-refractivity contribution in [3.63, 3.8) is 0 Å². The molecule has 2 saturated heterocycles. The smallest absolute Gasteiger partial charge is 0.314 e. The van der Waals surface area contributed by atoms with Gasteiger partial charge in [0.05, 0.1) is 12.0 Å². The second-order valence-electron chi connectivity index (χ2n) is 7.28. The second kappa shape index (κ2) is 6.19. The van der Waals surface area contributed by atoms with Crippen LogP contribution in [0, 0.1) is 17.3 Å². The summed E-state index contributed by atoms with van der Waals surface area (Å²) in [7, 11) is 0. The van der Waals surface area contributed by atoms with Gasteiger partial charge in [0.1, 0.15) is 0 Å². The summed E-state index contributed by atoms with van der Waals surface area (Å²) in [6, 6.07) is 0. The van der Waals surface area contributed by atoms with Crippen LogP contribution in [-0.4, -0.2) is 61.0 Å². The van der Waals surface area contributed by atoms with Gasteiger partial charge in [-0.2, -0.15) is 0 Å². The molecule has 22 heavy (non-hydrogen) atoms. The van der Waals surface area contributed by atoms with Gasteiger partial charge < -0.3 is 14.5 Å². The van der Waals surface area contributed by atoms with Crippen molar-refractivity contribution >= 4 is 11.9 Å². The average Bonchev–Trinajstić information content (AvgIpc) is 3.23. The van der Waals surface area contributed by atoms with Gasteiger partial charge in [-0.1, -0.05) is 0 Å². The molecule has 1 saturated carbocycles. The van der Waals surface area contributed by atoms with Crippen LogP contribution in [0.3, 0.4) is 0 Å². The van der Waals surface area contributed by atoms with Crippen molar-refractivity contribution in [2.75, 3.05) is 39.3 Å². The van der Waals surface area contributed by atoms with Crippen LogP contribution in [0.25, 0.3) is 0 Å². The Labute approximate surface area is 133 Å². The number of fused-ring (bicyclic) bond motifs is 1. The fourth-order valence-electron chi connectivity index (χ4n) is 4.19. The van der Waals surface area contributed by atoms with E-state index in [4.69, 9.17) is 4.74 Å². The molecule has 3 fully saturated rings. The monoisotopic (exact) mass is 308 g/mol. The Bertz CT molecular complexity index is 449. The minimum Gasteiger partial charge on any atom is -0.466 e. The van der Waals surface area contributed by atoms with E-state index in [-0.39, 0.29) is 17.8 Å². The van der Waals surface area contributed by atoms with Crippen LogP contribution in [-0.2, 0) is 14.3 Å². The number of amides is 1. The number of carbonyl (C=O) groups is 2. The molecule has 2 heterocycles. The Balaban J connectivity index is 1.78. The van der Waals surface area contributed by atoms with E-state index in [1.165, 1.54) is 12.8 Å². The fraction of sp³-hybridized carbons (Fsp3) is 0.882. The van der Waals surface area contributed by atoms with Gasteiger partial charge >= 0.3 is 5.97 Å². The number of hydrogen-bond donors (Lipinski definition) is 0. The fourth-order valence-corrected chi connectivity index (χ4v) is 4.19. The van der Waals surface area contributed by atoms with Gasteiger partial charge in [-0.05, 0) is 45.1 Å². The Hall–Kier alpha value is -1.10. The van der Waals surface area contributed by atoms with E-state index < -0.39 is 5.41 Å². The van der Waals surface area contributed by atoms with Crippen LogP contribution in [0.1, 0.15) is 39.5 Å². The molecule has 3 aliphatic rings. The summed E-state index contributed by atoms with van der Waals surface area (Å²) in [4.78, 5) is 28.9. The minimum absolute atomic E-state index is 0.0745. The number of carbonyl (C=O) groups excluding carboxylic acids is 2. The van der Waals surface area contributed by atoms with Gasteiger partial charge in [0.25, 0.3) is 0 Å². The van der Waals surface area contributed by atoms with Gasteiger partial charge in [-0.15, -0.1) is 0 Å². The maximum Gasteiger partial charge on any atom is 0.314 e. The van der Waals surface area contributed by atoms with Crippen LogP contribution in [0.15, 0.2) is 0 Å². The van der Waals surface area contributed by atoms with Crippen molar-refractivity contribution in [3.05, 3.63) is 0 Å². The van der Waals surface area contributed by atoms with E-state index in [9.17, 15) is 9.59 Å². The minimum atomic E-state index is -0.472. The van der Waals surface area contributed by atoms with Crippen molar-refractivity contribution in [1.29, 1.82) is 0 Å². The van der Waals surface area contributed by atoms with Crippen LogP contribution < -0.4 is 0 Å². The predicted octanol–water partition coefficient (Wildman–Crippen LogP) is 1.52. The first kappa shape index (κ1) is 15.8. The highest BCUT2D eigenvalue weighted by molar-refractivity contribution is 5.81. The maximum atomic E-state index is 12.7. The summed E-state index contributed by atoms with van der Waals surface area (Å²) in [5, 5.41) is 0. The molecule has 0 bridgehead atoms. The van der Waals surface area contributed by atoms with E-state index in [1.807, 2.05) is 11.8 Å². The third-order valence-electron chi connectivity index (χ3n) is 5.61.